The molecule has 0 aromatic heterocycles. The highest BCUT2D eigenvalue weighted by Crippen LogP contribution is 2.21. The number of sulfonamides is 1. The first-order valence-electron chi connectivity index (χ1n) is 5.79. The van der Waals surface area contributed by atoms with Crippen molar-refractivity contribution in [1.29, 1.82) is 0 Å². The maximum Gasteiger partial charge on any atom is 0.303 e. The molecule has 0 saturated carbocycles. The highest BCUT2D eigenvalue weighted by Gasteiger charge is 2.23. The Labute approximate surface area is 119 Å². The molecule has 0 radical (unpaired) electrons. The summed E-state index contributed by atoms with van der Waals surface area (Å²) < 4.78 is 39.4. The fraction of sp³-hybridized carbons (Fsp3) is 0.364. The van der Waals surface area contributed by atoms with Crippen LogP contribution in [0.1, 0.15) is 13.3 Å². The Hall–Kier alpha value is -2.07. The zero-order chi connectivity index (χ0) is 16.2. The summed E-state index contributed by atoms with van der Waals surface area (Å²) in [6, 6.07) is 2.15. The van der Waals surface area contributed by atoms with E-state index in [1.165, 1.54) is 6.92 Å². The zero-order valence-corrected chi connectivity index (χ0v) is 11.8. The van der Waals surface area contributed by atoms with Crippen LogP contribution in [0.25, 0.3) is 0 Å². The van der Waals surface area contributed by atoms with Gasteiger partial charge in [-0.1, -0.05) is 6.92 Å². The quantitative estimate of drug-likeness (QED) is 0.572. The van der Waals surface area contributed by atoms with Crippen molar-refractivity contribution in [3.63, 3.8) is 0 Å². The second-order valence-electron chi connectivity index (χ2n) is 4.43. The molecule has 0 spiro atoms. The predicted octanol–water partition coefficient (Wildman–Crippen LogP) is 1.12. The Bertz CT molecular complexity index is 661. The number of nitro groups is 1. The molecule has 1 aromatic rings. The lowest BCUT2D eigenvalue weighted by atomic mass is 10.1. The van der Waals surface area contributed by atoms with Crippen molar-refractivity contribution in [3.05, 3.63) is 34.1 Å². The molecule has 0 aliphatic rings. The van der Waals surface area contributed by atoms with Crippen LogP contribution in [-0.4, -0.2) is 31.0 Å². The fourth-order valence-corrected chi connectivity index (χ4v) is 2.77. The molecule has 21 heavy (non-hydrogen) atoms. The molecule has 0 aliphatic carbocycles. The van der Waals surface area contributed by atoms with Crippen molar-refractivity contribution >= 4 is 21.7 Å². The third-order valence-electron chi connectivity index (χ3n) is 2.56. The summed E-state index contributed by atoms with van der Waals surface area (Å²) in [4.78, 5) is 19.4. The summed E-state index contributed by atoms with van der Waals surface area (Å²) in [6.07, 6.45) is -0.264. The molecule has 0 bridgehead atoms. The van der Waals surface area contributed by atoms with E-state index in [2.05, 4.69) is 0 Å². The highest BCUT2D eigenvalue weighted by atomic mass is 32.2. The summed E-state index contributed by atoms with van der Waals surface area (Å²) in [5.41, 5.74) is -0.560. The van der Waals surface area contributed by atoms with Crippen LogP contribution in [0.3, 0.4) is 0 Å². The molecule has 8 nitrogen and oxygen atoms in total. The summed E-state index contributed by atoms with van der Waals surface area (Å²) in [6.45, 7) is 1.28. The van der Waals surface area contributed by atoms with Crippen molar-refractivity contribution < 1.29 is 27.6 Å². The van der Waals surface area contributed by atoms with Gasteiger partial charge in [0.1, 0.15) is 10.7 Å². The summed E-state index contributed by atoms with van der Waals surface area (Å²) in [5, 5.41) is 19.1. The normalized spacial score (nSPS) is 12.9. The van der Waals surface area contributed by atoms with Gasteiger partial charge in [-0.3, -0.25) is 14.9 Å². The molecule has 1 aromatic carbocycles. The van der Waals surface area contributed by atoms with Crippen LogP contribution in [0.2, 0.25) is 0 Å². The number of rotatable bonds is 7. The number of halogens is 1. The minimum Gasteiger partial charge on any atom is -0.481 e. The van der Waals surface area contributed by atoms with Crippen molar-refractivity contribution in [2.45, 2.75) is 18.2 Å². The van der Waals surface area contributed by atoms with Gasteiger partial charge in [0.05, 0.1) is 4.92 Å². The molecule has 1 atom stereocenters. The fourth-order valence-electron chi connectivity index (χ4n) is 1.51. The standard InChI is InChI=1S/C11H13FN2O6S/c1-7(4-11(15)16)6-13-21(19,20)10-5-8(14(17)18)2-3-9(10)12/h2-3,5,7,13H,4,6H2,1H3,(H,15,16). The molecular formula is C11H13FN2O6S. The summed E-state index contributed by atoms with van der Waals surface area (Å²) in [5.74, 6) is -2.73. The van der Waals surface area contributed by atoms with E-state index in [0.717, 1.165) is 6.07 Å². The molecule has 0 amide bonds. The second-order valence-corrected chi connectivity index (χ2v) is 6.16. The van der Waals surface area contributed by atoms with Crippen molar-refractivity contribution in [1.82, 2.24) is 4.72 Å². The van der Waals surface area contributed by atoms with Gasteiger partial charge in [-0.25, -0.2) is 17.5 Å². The Morgan fingerprint density at radius 3 is 2.67 bits per heavy atom. The van der Waals surface area contributed by atoms with E-state index in [-0.39, 0.29) is 13.0 Å². The first kappa shape index (κ1) is 17.0. The van der Waals surface area contributed by atoms with Crippen LogP contribution in [0.15, 0.2) is 23.1 Å². The van der Waals surface area contributed by atoms with E-state index in [1.807, 2.05) is 4.72 Å². The zero-order valence-electron chi connectivity index (χ0n) is 10.9. The van der Waals surface area contributed by atoms with Gasteiger partial charge in [0.25, 0.3) is 5.69 Å². The third kappa shape index (κ3) is 4.76. The topological polar surface area (TPSA) is 127 Å². The maximum absolute atomic E-state index is 13.5. The molecule has 116 valence electrons. The van der Waals surface area contributed by atoms with E-state index >= 15 is 0 Å². The molecule has 10 heteroatoms. The number of non-ortho nitro benzene ring substituents is 1. The van der Waals surface area contributed by atoms with Crippen molar-refractivity contribution in [2.75, 3.05) is 6.54 Å². The van der Waals surface area contributed by atoms with Crippen LogP contribution in [-0.2, 0) is 14.8 Å². The molecule has 0 saturated heterocycles. The minimum absolute atomic E-state index is 0.225. The number of carboxylic acids is 1. The number of benzene rings is 1. The minimum atomic E-state index is -4.30. The van der Waals surface area contributed by atoms with Crippen LogP contribution in [0.4, 0.5) is 10.1 Å². The SMILES string of the molecule is CC(CNS(=O)(=O)c1cc([N+](=O)[O-])ccc1F)CC(=O)O. The van der Waals surface area contributed by atoms with Crippen LogP contribution >= 0.6 is 0 Å². The van der Waals surface area contributed by atoms with Crippen LogP contribution in [0, 0.1) is 21.8 Å². The molecule has 2 N–H and O–H groups in total. The largest absolute Gasteiger partial charge is 0.481 e. The van der Waals surface area contributed by atoms with E-state index in [9.17, 15) is 27.7 Å². The highest BCUT2D eigenvalue weighted by molar-refractivity contribution is 7.89. The van der Waals surface area contributed by atoms with E-state index in [4.69, 9.17) is 5.11 Å². The lowest BCUT2D eigenvalue weighted by Crippen LogP contribution is -2.30. The Morgan fingerprint density at radius 1 is 1.52 bits per heavy atom. The number of hydrogen-bond donors (Lipinski definition) is 2. The average molecular weight is 320 g/mol. The van der Waals surface area contributed by atoms with Gasteiger partial charge in [-0.15, -0.1) is 0 Å². The second kappa shape index (κ2) is 6.59. The molecular weight excluding hydrogens is 307 g/mol. The lowest BCUT2D eigenvalue weighted by molar-refractivity contribution is -0.385. The Balaban J connectivity index is 2.95. The summed E-state index contributed by atoms with van der Waals surface area (Å²) in [7, 11) is -4.30. The van der Waals surface area contributed by atoms with E-state index in [0.29, 0.717) is 12.1 Å². The van der Waals surface area contributed by atoms with Gasteiger partial charge in [-0.2, -0.15) is 0 Å². The van der Waals surface area contributed by atoms with Gasteiger partial charge in [0.2, 0.25) is 10.0 Å². The van der Waals surface area contributed by atoms with Crippen LogP contribution in [0.5, 0.6) is 0 Å². The Kier molecular flexibility index (Phi) is 5.33. The van der Waals surface area contributed by atoms with Crippen molar-refractivity contribution in [2.24, 2.45) is 5.92 Å². The third-order valence-corrected chi connectivity index (χ3v) is 4.00. The number of aliphatic carboxylic acids is 1. The van der Waals surface area contributed by atoms with Gasteiger partial charge < -0.3 is 5.11 Å². The van der Waals surface area contributed by atoms with Gasteiger partial charge >= 0.3 is 5.97 Å². The number of nitrogens with one attached hydrogen (secondary N) is 1. The monoisotopic (exact) mass is 320 g/mol. The van der Waals surface area contributed by atoms with Gasteiger partial charge in [0.15, 0.2) is 0 Å². The predicted molar refractivity (Wildman–Crippen MR) is 69.7 cm³/mol. The number of hydrogen-bond acceptors (Lipinski definition) is 5. The van der Waals surface area contributed by atoms with Crippen LogP contribution < -0.4 is 4.72 Å². The lowest BCUT2D eigenvalue weighted by Gasteiger charge is -2.11. The number of carbonyl (C=O) groups is 1. The number of nitro benzene ring substituents is 1. The molecule has 0 fully saturated rings. The number of carboxylic acid groups (broad SMARTS) is 1. The Morgan fingerprint density at radius 2 is 2.14 bits per heavy atom. The molecule has 0 heterocycles. The molecule has 1 rings (SSSR count). The molecule has 0 aliphatic heterocycles. The first-order chi connectivity index (χ1) is 9.63. The van der Waals surface area contributed by atoms with E-state index in [1.54, 1.807) is 0 Å². The van der Waals surface area contributed by atoms with Gasteiger partial charge in [-0.05, 0) is 12.0 Å². The smallest absolute Gasteiger partial charge is 0.303 e. The average Bonchev–Trinajstić information content (AvgIpc) is 2.35. The number of nitrogens with zero attached hydrogens (tertiary/aromatic N) is 1. The van der Waals surface area contributed by atoms with Gasteiger partial charge in [0, 0.05) is 25.1 Å². The maximum atomic E-state index is 13.5. The first-order valence-corrected chi connectivity index (χ1v) is 7.27. The van der Waals surface area contributed by atoms with Crippen molar-refractivity contribution in [3.8, 4) is 0 Å². The van der Waals surface area contributed by atoms with E-state index < -0.39 is 43.2 Å². The summed E-state index contributed by atoms with van der Waals surface area (Å²) >= 11 is 0. The molecule has 1 unspecified atom stereocenters.